The summed E-state index contributed by atoms with van der Waals surface area (Å²) in [5.41, 5.74) is 4.99. The average molecular weight is 391 g/mol. The highest BCUT2D eigenvalue weighted by molar-refractivity contribution is 6.05. The van der Waals surface area contributed by atoms with Gasteiger partial charge in [0.1, 0.15) is 0 Å². The highest BCUT2D eigenvalue weighted by Crippen LogP contribution is 2.64. The van der Waals surface area contributed by atoms with Gasteiger partial charge in [-0.05, 0) is 92.3 Å². The summed E-state index contributed by atoms with van der Waals surface area (Å²) in [6, 6.07) is 8.52. The van der Waals surface area contributed by atoms with Crippen LogP contribution in [-0.2, 0) is 4.79 Å². The van der Waals surface area contributed by atoms with Gasteiger partial charge in [0.2, 0.25) is 0 Å². The number of aliphatic hydroxyl groups excluding tert-OH is 1. The Labute approximate surface area is 175 Å². The minimum absolute atomic E-state index is 0.156. The van der Waals surface area contributed by atoms with Crippen LogP contribution in [0.5, 0.6) is 0 Å². The first kappa shape index (κ1) is 19.3. The van der Waals surface area contributed by atoms with Gasteiger partial charge in [-0.2, -0.15) is 0 Å². The number of benzene rings is 1. The van der Waals surface area contributed by atoms with Crippen LogP contribution < -0.4 is 0 Å². The van der Waals surface area contributed by atoms with Crippen LogP contribution in [0.3, 0.4) is 0 Å². The van der Waals surface area contributed by atoms with Crippen LogP contribution >= 0.6 is 0 Å². The molecule has 6 atom stereocenters. The number of aryl methyl sites for hydroxylation is 1. The SMILES string of the molecule is Cc1ccc(/C=C2/C[C@H]3[C@@H]4CC=C5CC(O)CC[C@]5(C)[C@H]4CC[C@]3(C)C2=O)cc1. The van der Waals surface area contributed by atoms with Gasteiger partial charge in [0.05, 0.1) is 6.10 Å². The van der Waals surface area contributed by atoms with Gasteiger partial charge in [0.25, 0.3) is 0 Å². The molecule has 29 heavy (non-hydrogen) atoms. The van der Waals surface area contributed by atoms with Gasteiger partial charge < -0.3 is 5.11 Å². The van der Waals surface area contributed by atoms with Crippen LogP contribution in [0.1, 0.15) is 69.9 Å². The van der Waals surface area contributed by atoms with Gasteiger partial charge in [-0.25, -0.2) is 0 Å². The first-order valence-electron chi connectivity index (χ1n) is 11.5. The summed E-state index contributed by atoms with van der Waals surface area (Å²) in [4.78, 5) is 13.5. The second kappa shape index (κ2) is 6.67. The van der Waals surface area contributed by atoms with Crippen molar-refractivity contribution in [2.24, 2.45) is 28.6 Å². The van der Waals surface area contributed by atoms with Crippen LogP contribution in [0.15, 0.2) is 41.5 Å². The zero-order chi connectivity index (χ0) is 20.4. The van der Waals surface area contributed by atoms with Crippen LogP contribution in [0.2, 0.25) is 0 Å². The molecule has 0 aromatic heterocycles. The standard InChI is InChI=1S/C27H34O2/c1-17-4-6-18(7-5-17)14-19-15-24-22-9-8-20-16-21(28)10-12-26(20,2)23(22)11-13-27(24,3)25(19)29/h4-8,14,21-24,28H,9-13,15-16H2,1-3H3/b19-14-/t21?,22-,23+,24+,26+,27+/m1/s1. The third-order valence-corrected chi connectivity index (χ3v) is 9.14. The summed E-state index contributed by atoms with van der Waals surface area (Å²) >= 11 is 0. The summed E-state index contributed by atoms with van der Waals surface area (Å²) < 4.78 is 0. The fourth-order valence-electron chi connectivity index (χ4n) is 7.31. The van der Waals surface area contributed by atoms with Crippen LogP contribution in [0.25, 0.3) is 6.08 Å². The van der Waals surface area contributed by atoms with Gasteiger partial charge in [0, 0.05) is 5.41 Å². The molecule has 2 nitrogen and oxygen atoms in total. The predicted octanol–water partition coefficient (Wildman–Crippen LogP) is 5.88. The number of carbonyl (C=O) groups excluding carboxylic acids is 1. The maximum absolute atomic E-state index is 13.5. The van der Waals surface area contributed by atoms with Crippen molar-refractivity contribution < 1.29 is 9.90 Å². The number of hydrogen-bond acceptors (Lipinski definition) is 2. The largest absolute Gasteiger partial charge is 0.393 e. The van der Waals surface area contributed by atoms with E-state index in [1.807, 2.05) is 0 Å². The van der Waals surface area contributed by atoms with Crippen molar-refractivity contribution in [1.29, 1.82) is 0 Å². The summed E-state index contributed by atoms with van der Waals surface area (Å²) in [6.45, 7) is 6.80. The Hall–Kier alpha value is -1.67. The molecule has 1 N–H and O–H groups in total. The Morgan fingerprint density at radius 3 is 2.48 bits per heavy atom. The molecular weight excluding hydrogens is 356 g/mol. The molecule has 4 aliphatic carbocycles. The minimum Gasteiger partial charge on any atom is -0.393 e. The van der Waals surface area contributed by atoms with Crippen molar-refractivity contribution >= 4 is 11.9 Å². The van der Waals surface area contributed by atoms with Crippen molar-refractivity contribution in [3.05, 3.63) is 52.6 Å². The third-order valence-electron chi connectivity index (χ3n) is 9.14. The molecular formula is C27H34O2. The van der Waals surface area contributed by atoms with E-state index in [1.165, 1.54) is 11.1 Å². The quantitative estimate of drug-likeness (QED) is 0.480. The van der Waals surface area contributed by atoms with Crippen molar-refractivity contribution in [3.63, 3.8) is 0 Å². The summed E-state index contributed by atoms with van der Waals surface area (Å²) in [6.07, 6.45) is 11.5. The van der Waals surface area contributed by atoms with Crippen molar-refractivity contribution in [3.8, 4) is 0 Å². The Morgan fingerprint density at radius 1 is 1.00 bits per heavy atom. The number of ketones is 1. The van der Waals surface area contributed by atoms with E-state index in [0.717, 1.165) is 56.1 Å². The molecule has 0 bridgehead atoms. The van der Waals surface area contributed by atoms with E-state index in [-0.39, 0.29) is 16.9 Å². The topological polar surface area (TPSA) is 37.3 Å². The van der Waals surface area contributed by atoms with Gasteiger partial charge in [-0.1, -0.05) is 55.3 Å². The van der Waals surface area contributed by atoms with Crippen molar-refractivity contribution in [2.75, 3.05) is 0 Å². The van der Waals surface area contributed by atoms with E-state index >= 15 is 0 Å². The monoisotopic (exact) mass is 390 g/mol. The average Bonchev–Trinajstić information content (AvgIpc) is 2.95. The smallest absolute Gasteiger partial charge is 0.165 e. The normalized spacial score (nSPS) is 42.8. The van der Waals surface area contributed by atoms with E-state index in [2.05, 4.69) is 57.2 Å². The fraction of sp³-hybridized carbons (Fsp3) is 0.593. The maximum atomic E-state index is 13.5. The lowest BCUT2D eigenvalue weighted by molar-refractivity contribution is -0.130. The number of aliphatic hydroxyl groups is 1. The maximum Gasteiger partial charge on any atom is 0.165 e. The molecule has 1 aromatic rings. The molecule has 2 heteroatoms. The Kier molecular flexibility index (Phi) is 4.44. The van der Waals surface area contributed by atoms with Gasteiger partial charge in [0.15, 0.2) is 5.78 Å². The van der Waals surface area contributed by atoms with E-state index < -0.39 is 0 Å². The zero-order valence-electron chi connectivity index (χ0n) is 18.1. The number of hydrogen-bond donors (Lipinski definition) is 1. The lowest BCUT2D eigenvalue weighted by Gasteiger charge is -2.56. The van der Waals surface area contributed by atoms with Crippen LogP contribution in [0, 0.1) is 35.5 Å². The molecule has 5 rings (SSSR count). The number of rotatable bonds is 1. The highest BCUT2D eigenvalue weighted by atomic mass is 16.3. The first-order valence-corrected chi connectivity index (χ1v) is 11.5. The Balaban J connectivity index is 1.47. The molecule has 3 saturated carbocycles. The first-order chi connectivity index (χ1) is 13.8. The molecule has 0 spiro atoms. The minimum atomic E-state index is -0.187. The molecule has 0 saturated heterocycles. The van der Waals surface area contributed by atoms with E-state index in [1.54, 1.807) is 0 Å². The van der Waals surface area contributed by atoms with E-state index in [9.17, 15) is 9.90 Å². The zero-order valence-corrected chi connectivity index (χ0v) is 18.1. The van der Waals surface area contributed by atoms with E-state index in [0.29, 0.717) is 23.5 Å². The van der Waals surface area contributed by atoms with E-state index in [4.69, 9.17) is 0 Å². The fourth-order valence-corrected chi connectivity index (χ4v) is 7.31. The highest BCUT2D eigenvalue weighted by Gasteiger charge is 2.59. The Morgan fingerprint density at radius 2 is 1.72 bits per heavy atom. The van der Waals surface area contributed by atoms with Gasteiger partial charge >= 0.3 is 0 Å². The van der Waals surface area contributed by atoms with Crippen molar-refractivity contribution in [1.82, 2.24) is 0 Å². The Bertz CT molecular complexity index is 892. The molecule has 3 fully saturated rings. The van der Waals surface area contributed by atoms with Crippen LogP contribution in [0.4, 0.5) is 0 Å². The molecule has 4 aliphatic rings. The van der Waals surface area contributed by atoms with Crippen LogP contribution in [-0.4, -0.2) is 17.0 Å². The molecule has 154 valence electrons. The summed E-state index contributed by atoms with van der Waals surface area (Å²) in [5.74, 6) is 2.14. The predicted molar refractivity (Wildman–Crippen MR) is 117 cm³/mol. The molecule has 1 unspecified atom stereocenters. The number of Topliss-reactive ketones (excluding diaryl/α,β-unsaturated/α-hetero) is 1. The van der Waals surface area contributed by atoms with Gasteiger partial charge in [-0.3, -0.25) is 4.79 Å². The summed E-state index contributed by atoms with van der Waals surface area (Å²) in [5, 5.41) is 10.2. The number of carbonyl (C=O) groups is 1. The lowest BCUT2D eigenvalue weighted by atomic mass is 9.48. The number of allylic oxidation sites excluding steroid dienone is 2. The molecule has 0 radical (unpaired) electrons. The lowest BCUT2D eigenvalue weighted by Crippen LogP contribution is -2.50. The van der Waals surface area contributed by atoms with Gasteiger partial charge in [-0.15, -0.1) is 0 Å². The number of fused-ring (bicyclic) bond motifs is 5. The molecule has 0 heterocycles. The summed E-state index contributed by atoms with van der Waals surface area (Å²) in [7, 11) is 0. The molecule has 0 amide bonds. The third kappa shape index (κ3) is 2.90. The molecule has 0 aliphatic heterocycles. The second-order valence-electron chi connectivity index (χ2n) is 10.7. The molecule has 1 aromatic carbocycles. The second-order valence-corrected chi connectivity index (χ2v) is 10.7. The van der Waals surface area contributed by atoms with Crippen molar-refractivity contribution in [2.45, 2.75) is 71.8 Å².